The van der Waals surface area contributed by atoms with E-state index in [-0.39, 0.29) is 24.2 Å². The van der Waals surface area contributed by atoms with Crippen LogP contribution in [0.4, 0.5) is 25.1 Å². The van der Waals surface area contributed by atoms with E-state index in [4.69, 9.17) is 11.6 Å². The lowest BCUT2D eigenvalue weighted by molar-refractivity contribution is -0.134. The lowest BCUT2D eigenvalue weighted by Gasteiger charge is -2.08. The van der Waals surface area contributed by atoms with Gasteiger partial charge in [0.1, 0.15) is 0 Å². The van der Waals surface area contributed by atoms with E-state index in [1.807, 2.05) is 6.92 Å². The summed E-state index contributed by atoms with van der Waals surface area (Å²) < 4.78 is 35.8. The molecule has 0 aliphatic carbocycles. The van der Waals surface area contributed by atoms with Gasteiger partial charge in [-0.1, -0.05) is 6.92 Å². The molecule has 0 atom stereocenters. The van der Waals surface area contributed by atoms with Crippen molar-refractivity contribution in [1.29, 1.82) is 0 Å². The molecule has 0 radical (unpaired) electrons. The Kier molecular flexibility index (Phi) is 6.07. The Morgan fingerprint density at radius 2 is 1.63 bits per heavy atom. The fourth-order valence-corrected chi connectivity index (χ4v) is 1.39. The Hall–Kier alpha value is -1.31. The van der Waals surface area contributed by atoms with Crippen LogP contribution in [0.1, 0.15) is 26.2 Å². The second-order valence-corrected chi connectivity index (χ2v) is 4.16. The lowest BCUT2D eigenvalue weighted by atomic mass is 10.3. The van der Waals surface area contributed by atoms with Crippen LogP contribution in [-0.4, -0.2) is 34.2 Å². The number of nitrogens with one attached hydrogen (secondary N) is 2. The minimum absolute atomic E-state index is 0.00748. The number of aromatic nitrogens is 3. The van der Waals surface area contributed by atoms with Gasteiger partial charge in [0, 0.05) is 19.5 Å². The van der Waals surface area contributed by atoms with Crippen molar-refractivity contribution < 1.29 is 13.2 Å². The van der Waals surface area contributed by atoms with Crippen molar-refractivity contribution in [3.05, 3.63) is 5.28 Å². The van der Waals surface area contributed by atoms with Gasteiger partial charge in [0.15, 0.2) is 0 Å². The standard InChI is InChI=1S/C10H15ClF3N5/c1-2-5-15-8-17-7(11)18-9(19-8)16-6-3-4-10(12,13)14/h2-6H2,1H3,(H2,15,16,17,18,19). The Morgan fingerprint density at radius 1 is 1.05 bits per heavy atom. The first-order valence-corrected chi connectivity index (χ1v) is 6.24. The molecule has 0 aliphatic heterocycles. The van der Waals surface area contributed by atoms with Crippen molar-refractivity contribution in [2.45, 2.75) is 32.4 Å². The van der Waals surface area contributed by atoms with Gasteiger partial charge in [0.25, 0.3) is 0 Å². The molecule has 5 nitrogen and oxygen atoms in total. The summed E-state index contributed by atoms with van der Waals surface area (Å²) in [6.07, 6.45) is -4.16. The van der Waals surface area contributed by atoms with Gasteiger partial charge in [-0.3, -0.25) is 0 Å². The zero-order valence-corrected chi connectivity index (χ0v) is 11.1. The molecule has 0 saturated carbocycles. The fourth-order valence-electron chi connectivity index (χ4n) is 1.23. The molecule has 1 rings (SSSR count). The highest BCUT2D eigenvalue weighted by Gasteiger charge is 2.25. The first-order chi connectivity index (χ1) is 8.90. The summed E-state index contributed by atoms with van der Waals surface area (Å²) in [5.41, 5.74) is 0. The second-order valence-electron chi connectivity index (χ2n) is 3.82. The van der Waals surface area contributed by atoms with Gasteiger partial charge in [-0.05, 0) is 24.4 Å². The topological polar surface area (TPSA) is 62.7 Å². The fraction of sp³-hybridized carbons (Fsp3) is 0.700. The van der Waals surface area contributed by atoms with Crippen molar-refractivity contribution in [3.63, 3.8) is 0 Å². The first kappa shape index (κ1) is 15.7. The molecular weight excluding hydrogens is 283 g/mol. The quantitative estimate of drug-likeness (QED) is 0.757. The number of alkyl halides is 3. The molecule has 1 aromatic heterocycles. The van der Waals surface area contributed by atoms with E-state index in [9.17, 15) is 13.2 Å². The molecule has 0 fully saturated rings. The first-order valence-electron chi connectivity index (χ1n) is 5.87. The van der Waals surface area contributed by atoms with Crippen molar-refractivity contribution in [2.24, 2.45) is 0 Å². The van der Waals surface area contributed by atoms with E-state index >= 15 is 0 Å². The number of halogens is 4. The van der Waals surface area contributed by atoms with Crippen LogP contribution in [0.25, 0.3) is 0 Å². The monoisotopic (exact) mass is 297 g/mol. The summed E-state index contributed by atoms with van der Waals surface area (Å²) in [6.45, 7) is 2.77. The van der Waals surface area contributed by atoms with Gasteiger partial charge in [-0.25, -0.2) is 0 Å². The van der Waals surface area contributed by atoms with Crippen LogP contribution in [0.15, 0.2) is 0 Å². The third-order valence-corrected chi connectivity index (χ3v) is 2.23. The molecule has 0 amide bonds. The average Bonchev–Trinajstić information content (AvgIpc) is 2.30. The molecule has 0 unspecified atom stereocenters. The van der Waals surface area contributed by atoms with Gasteiger partial charge in [0.05, 0.1) is 0 Å². The van der Waals surface area contributed by atoms with E-state index in [0.29, 0.717) is 12.5 Å². The number of nitrogens with zero attached hydrogens (tertiary/aromatic N) is 3. The van der Waals surface area contributed by atoms with Crippen LogP contribution < -0.4 is 10.6 Å². The van der Waals surface area contributed by atoms with Crippen LogP contribution >= 0.6 is 11.6 Å². The molecule has 108 valence electrons. The summed E-state index contributed by atoms with van der Waals surface area (Å²) in [6, 6.07) is 0. The number of rotatable bonds is 7. The van der Waals surface area contributed by atoms with Gasteiger partial charge < -0.3 is 10.6 Å². The molecule has 0 aliphatic rings. The van der Waals surface area contributed by atoms with Crippen LogP contribution in [-0.2, 0) is 0 Å². The van der Waals surface area contributed by atoms with E-state index < -0.39 is 12.6 Å². The molecule has 9 heteroatoms. The van der Waals surface area contributed by atoms with E-state index in [1.54, 1.807) is 0 Å². The van der Waals surface area contributed by atoms with Crippen molar-refractivity contribution in [3.8, 4) is 0 Å². The maximum absolute atomic E-state index is 11.9. The molecule has 2 N–H and O–H groups in total. The SMILES string of the molecule is CCCNc1nc(Cl)nc(NCCCC(F)(F)F)n1. The number of hydrogen-bond donors (Lipinski definition) is 2. The van der Waals surface area contributed by atoms with Gasteiger partial charge >= 0.3 is 6.18 Å². The number of hydrogen-bond acceptors (Lipinski definition) is 5. The highest BCUT2D eigenvalue weighted by atomic mass is 35.5. The summed E-state index contributed by atoms with van der Waals surface area (Å²) >= 11 is 5.69. The molecule has 1 aromatic rings. The minimum atomic E-state index is -4.15. The summed E-state index contributed by atoms with van der Waals surface area (Å²) in [4.78, 5) is 11.6. The predicted octanol–water partition coefficient (Wildman–Crippen LogP) is 3.10. The van der Waals surface area contributed by atoms with Crippen LogP contribution in [0.2, 0.25) is 5.28 Å². The Morgan fingerprint density at radius 3 is 2.16 bits per heavy atom. The minimum Gasteiger partial charge on any atom is -0.354 e. The molecule has 0 saturated heterocycles. The molecule has 19 heavy (non-hydrogen) atoms. The molecular formula is C10H15ClF3N5. The highest BCUT2D eigenvalue weighted by molar-refractivity contribution is 6.28. The molecule has 0 aromatic carbocycles. The van der Waals surface area contributed by atoms with Gasteiger partial charge in [-0.2, -0.15) is 28.1 Å². The van der Waals surface area contributed by atoms with Crippen molar-refractivity contribution in [2.75, 3.05) is 23.7 Å². The van der Waals surface area contributed by atoms with Crippen molar-refractivity contribution >= 4 is 23.5 Å². The number of anilines is 2. The average molecular weight is 298 g/mol. The van der Waals surface area contributed by atoms with E-state index in [0.717, 1.165) is 6.42 Å². The molecule has 0 spiro atoms. The maximum atomic E-state index is 11.9. The molecule has 0 bridgehead atoms. The van der Waals surface area contributed by atoms with Gasteiger partial charge in [0.2, 0.25) is 17.2 Å². The van der Waals surface area contributed by atoms with Gasteiger partial charge in [-0.15, -0.1) is 0 Å². The Balaban J connectivity index is 2.46. The lowest BCUT2D eigenvalue weighted by Crippen LogP contribution is -2.13. The van der Waals surface area contributed by atoms with Crippen LogP contribution in [0.5, 0.6) is 0 Å². The molecule has 1 heterocycles. The van der Waals surface area contributed by atoms with E-state index in [2.05, 4.69) is 25.6 Å². The summed E-state index contributed by atoms with van der Waals surface area (Å²) in [5, 5.41) is 5.60. The normalized spacial score (nSPS) is 11.4. The van der Waals surface area contributed by atoms with E-state index in [1.165, 1.54) is 0 Å². The van der Waals surface area contributed by atoms with Crippen LogP contribution in [0, 0.1) is 0 Å². The second kappa shape index (κ2) is 7.32. The highest BCUT2D eigenvalue weighted by Crippen LogP contribution is 2.21. The van der Waals surface area contributed by atoms with Crippen molar-refractivity contribution in [1.82, 2.24) is 15.0 Å². The summed E-state index contributed by atoms with van der Waals surface area (Å²) in [5.74, 6) is 0.473. The zero-order chi connectivity index (χ0) is 14.3. The Bertz CT molecular complexity index is 399. The Labute approximate surface area is 114 Å². The maximum Gasteiger partial charge on any atom is 0.389 e. The summed E-state index contributed by atoms with van der Waals surface area (Å²) in [7, 11) is 0. The third-order valence-electron chi connectivity index (χ3n) is 2.06. The largest absolute Gasteiger partial charge is 0.389 e. The third kappa shape index (κ3) is 7.00. The van der Waals surface area contributed by atoms with Crippen LogP contribution in [0.3, 0.4) is 0 Å². The zero-order valence-electron chi connectivity index (χ0n) is 10.4. The smallest absolute Gasteiger partial charge is 0.354 e. The predicted molar refractivity (Wildman–Crippen MR) is 67.4 cm³/mol.